The quantitative estimate of drug-likeness (QED) is 0.852. The predicted molar refractivity (Wildman–Crippen MR) is 79.6 cm³/mol. The van der Waals surface area contributed by atoms with Gasteiger partial charge in [0, 0.05) is 12.1 Å². The van der Waals surface area contributed by atoms with Crippen molar-refractivity contribution in [1.82, 2.24) is 10.6 Å². The van der Waals surface area contributed by atoms with Crippen molar-refractivity contribution < 1.29 is 9.53 Å². The first kappa shape index (κ1) is 15.0. The van der Waals surface area contributed by atoms with Crippen molar-refractivity contribution in [3.05, 3.63) is 35.4 Å². The minimum atomic E-state index is -0.0840. The van der Waals surface area contributed by atoms with Crippen LogP contribution in [-0.4, -0.2) is 38.3 Å². The third kappa shape index (κ3) is 3.58. The number of likely N-dealkylation sites (N-methyl/N-ethyl adjacent to an activating group) is 1. The second-order valence-electron chi connectivity index (χ2n) is 5.58. The fourth-order valence-electron chi connectivity index (χ4n) is 2.67. The van der Waals surface area contributed by atoms with Gasteiger partial charge in [0.2, 0.25) is 5.91 Å². The molecule has 1 fully saturated rings. The molecule has 1 aliphatic heterocycles. The number of carbonyl (C=O) groups excluding carboxylic acids is 1. The zero-order valence-corrected chi connectivity index (χ0v) is 12.5. The van der Waals surface area contributed by atoms with Crippen LogP contribution in [0.1, 0.15) is 18.1 Å². The van der Waals surface area contributed by atoms with Crippen LogP contribution in [-0.2, 0) is 16.0 Å². The third-order valence-electron chi connectivity index (χ3n) is 3.96. The van der Waals surface area contributed by atoms with Crippen LogP contribution in [0.3, 0.4) is 0 Å². The average Bonchev–Trinajstić information content (AvgIpc) is 2.89. The van der Waals surface area contributed by atoms with Gasteiger partial charge in [0.25, 0.3) is 0 Å². The van der Waals surface area contributed by atoms with E-state index in [1.54, 1.807) is 0 Å². The zero-order valence-electron chi connectivity index (χ0n) is 12.5. The van der Waals surface area contributed by atoms with Gasteiger partial charge in [-0.3, -0.25) is 4.79 Å². The molecule has 4 heteroatoms. The van der Waals surface area contributed by atoms with Gasteiger partial charge in [0.15, 0.2) is 0 Å². The minimum absolute atomic E-state index is 0.0840. The van der Waals surface area contributed by atoms with Gasteiger partial charge in [-0.05, 0) is 38.4 Å². The Bertz CT molecular complexity index is 462. The number of ether oxygens (including phenoxy) is 1. The summed E-state index contributed by atoms with van der Waals surface area (Å²) in [5.74, 6) is 0.00209. The Morgan fingerprint density at radius 1 is 1.40 bits per heavy atom. The SMILES string of the molecule is CNC1COCC1C(=O)NC(C)Cc1ccccc1C. The summed E-state index contributed by atoms with van der Waals surface area (Å²) >= 11 is 0. The first-order chi connectivity index (χ1) is 9.61. The maximum Gasteiger partial charge on any atom is 0.227 e. The van der Waals surface area contributed by atoms with Crippen molar-refractivity contribution in [2.24, 2.45) is 5.92 Å². The van der Waals surface area contributed by atoms with Gasteiger partial charge >= 0.3 is 0 Å². The Hall–Kier alpha value is -1.39. The number of benzene rings is 1. The molecule has 0 spiro atoms. The Labute approximate surface area is 120 Å². The Morgan fingerprint density at radius 2 is 2.15 bits per heavy atom. The second-order valence-corrected chi connectivity index (χ2v) is 5.58. The normalized spacial score (nSPS) is 23.6. The fraction of sp³-hybridized carbons (Fsp3) is 0.562. The predicted octanol–water partition coefficient (Wildman–Crippen LogP) is 1.28. The summed E-state index contributed by atoms with van der Waals surface area (Å²) in [7, 11) is 1.87. The maximum atomic E-state index is 12.3. The van der Waals surface area contributed by atoms with Crippen LogP contribution < -0.4 is 10.6 Å². The molecule has 0 aliphatic carbocycles. The van der Waals surface area contributed by atoms with Crippen molar-refractivity contribution in [3.8, 4) is 0 Å². The number of amides is 1. The van der Waals surface area contributed by atoms with E-state index in [2.05, 4.69) is 36.6 Å². The van der Waals surface area contributed by atoms with Crippen LogP contribution in [0.15, 0.2) is 24.3 Å². The standard InChI is InChI=1S/C16H24N2O2/c1-11-6-4-5-7-13(11)8-12(2)18-16(19)14-9-20-10-15(14)17-3/h4-7,12,14-15,17H,8-10H2,1-3H3,(H,18,19). The molecule has 1 amide bonds. The van der Waals surface area contributed by atoms with E-state index >= 15 is 0 Å². The van der Waals surface area contributed by atoms with Crippen LogP contribution in [0.5, 0.6) is 0 Å². The molecule has 1 aromatic carbocycles. The molecule has 0 aromatic heterocycles. The van der Waals surface area contributed by atoms with Gasteiger partial charge in [-0.25, -0.2) is 0 Å². The maximum absolute atomic E-state index is 12.3. The lowest BCUT2D eigenvalue weighted by atomic mass is 9.99. The van der Waals surface area contributed by atoms with E-state index in [0.29, 0.717) is 13.2 Å². The molecule has 1 saturated heterocycles. The number of carbonyl (C=O) groups is 1. The van der Waals surface area contributed by atoms with Gasteiger partial charge in [-0.15, -0.1) is 0 Å². The van der Waals surface area contributed by atoms with Crippen molar-refractivity contribution in [2.75, 3.05) is 20.3 Å². The van der Waals surface area contributed by atoms with E-state index in [0.717, 1.165) is 6.42 Å². The molecule has 0 saturated carbocycles. The van der Waals surface area contributed by atoms with Gasteiger partial charge in [0.05, 0.1) is 19.1 Å². The highest BCUT2D eigenvalue weighted by Gasteiger charge is 2.33. The molecule has 110 valence electrons. The van der Waals surface area contributed by atoms with Gasteiger partial charge in [0.1, 0.15) is 0 Å². The highest BCUT2D eigenvalue weighted by Crippen LogP contribution is 2.15. The molecule has 1 aromatic rings. The third-order valence-corrected chi connectivity index (χ3v) is 3.96. The number of rotatable bonds is 5. The summed E-state index contributed by atoms with van der Waals surface area (Å²) in [5.41, 5.74) is 2.55. The van der Waals surface area contributed by atoms with E-state index in [9.17, 15) is 4.79 Å². The summed E-state index contributed by atoms with van der Waals surface area (Å²) in [6.07, 6.45) is 0.857. The molecule has 2 N–H and O–H groups in total. The highest BCUT2D eigenvalue weighted by molar-refractivity contribution is 5.80. The molecule has 2 rings (SSSR count). The van der Waals surface area contributed by atoms with E-state index in [1.165, 1.54) is 11.1 Å². The number of hydrogen-bond acceptors (Lipinski definition) is 3. The molecule has 0 bridgehead atoms. The molecule has 4 nitrogen and oxygen atoms in total. The highest BCUT2D eigenvalue weighted by atomic mass is 16.5. The lowest BCUT2D eigenvalue weighted by molar-refractivity contribution is -0.126. The first-order valence-corrected chi connectivity index (χ1v) is 7.21. The van der Waals surface area contributed by atoms with Crippen LogP contribution in [0.25, 0.3) is 0 Å². The summed E-state index contributed by atoms with van der Waals surface area (Å²) in [6, 6.07) is 8.55. The Kier molecular flexibility index (Phi) is 5.15. The molecular weight excluding hydrogens is 252 g/mol. The zero-order chi connectivity index (χ0) is 14.5. The molecule has 1 heterocycles. The molecule has 0 radical (unpaired) electrons. The fourth-order valence-corrected chi connectivity index (χ4v) is 2.67. The topological polar surface area (TPSA) is 50.4 Å². The largest absolute Gasteiger partial charge is 0.379 e. The van der Waals surface area contributed by atoms with E-state index in [-0.39, 0.29) is 23.9 Å². The lowest BCUT2D eigenvalue weighted by Gasteiger charge is -2.20. The number of aryl methyl sites for hydroxylation is 1. The van der Waals surface area contributed by atoms with E-state index < -0.39 is 0 Å². The first-order valence-electron chi connectivity index (χ1n) is 7.21. The molecule has 1 aliphatic rings. The van der Waals surface area contributed by atoms with Gasteiger partial charge in [-0.1, -0.05) is 24.3 Å². The monoisotopic (exact) mass is 276 g/mol. The van der Waals surface area contributed by atoms with Crippen LogP contribution in [0, 0.1) is 12.8 Å². The number of nitrogens with one attached hydrogen (secondary N) is 2. The molecular formula is C16H24N2O2. The van der Waals surface area contributed by atoms with Crippen molar-refractivity contribution in [3.63, 3.8) is 0 Å². The van der Waals surface area contributed by atoms with Crippen molar-refractivity contribution >= 4 is 5.91 Å². The van der Waals surface area contributed by atoms with Crippen molar-refractivity contribution in [2.45, 2.75) is 32.4 Å². The Morgan fingerprint density at radius 3 is 2.85 bits per heavy atom. The van der Waals surface area contributed by atoms with Crippen LogP contribution in [0.4, 0.5) is 0 Å². The molecule has 20 heavy (non-hydrogen) atoms. The Balaban J connectivity index is 1.89. The second kappa shape index (κ2) is 6.86. The van der Waals surface area contributed by atoms with Gasteiger partial charge in [-0.2, -0.15) is 0 Å². The molecule has 3 atom stereocenters. The summed E-state index contributed by atoms with van der Waals surface area (Å²) in [4.78, 5) is 12.3. The van der Waals surface area contributed by atoms with E-state index in [4.69, 9.17) is 4.74 Å². The summed E-state index contributed by atoms with van der Waals surface area (Å²) in [6.45, 7) is 5.27. The minimum Gasteiger partial charge on any atom is -0.379 e. The number of hydrogen-bond donors (Lipinski definition) is 2. The smallest absolute Gasteiger partial charge is 0.227 e. The van der Waals surface area contributed by atoms with Crippen LogP contribution in [0.2, 0.25) is 0 Å². The van der Waals surface area contributed by atoms with E-state index in [1.807, 2.05) is 19.2 Å². The van der Waals surface area contributed by atoms with Crippen LogP contribution >= 0.6 is 0 Å². The molecule has 3 unspecified atom stereocenters. The van der Waals surface area contributed by atoms with Gasteiger partial charge < -0.3 is 15.4 Å². The van der Waals surface area contributed by atoms with Crippen molar-refractivity contribution in [1.29, 1.82) is 0 Å². The summed E-state index contributed by atoms with van der Waals surface area (Å²) in [5, 5.41) is 6.24. The average molecular weight is 276 g/mol. The summed E-state index contributed by atoms with van der Waals surface area (Å²) < 4.78 is 5.38. The lowest BCUT2D eigenvalue weighted by Crippen LogP contribution is -2.45.